The highest BCUT2D eigenvalue weighted by Gasteiger charge is 2.37. The van der Waals surface area contributed by atoms with Crippen molar-refractivity contribution in [3.63, 3.8) is 0 Å². The van der Waals surface area contributed by atoms with Crippen molar-refractivity contribution in [1.82, 2.24) is 10.2 Å². The number of piperidine rings is 1. The molecule has 0 saturated carbocycles. The molecule has 2 aromatic carbocycles. The lowest BCUT2D eigenvalue weighted by molar-refractivity contribution is -0.126. The molecule has 7 heteroatoms. The third kappa shape index (κ3) is 4.24. The third-order valence-electron chi connectivity index (χ3n) is 5.51. The highest BCUT2D eigenvalue weighted by Crippen LogP contribution is 2.27. The van der Waals surface area contributed by atoms with Crippen molar-refractivity contribution in [2.45, 2.75) is 25.3 Å². The Hall–Kier alpha value is -2.93. The monoisotopic (exact) mass is 397 g/mol. The van der Waals surface area contributed by atoms with Crippen molar-refractivity contribution >= 4 is 11.8 Å². The number of ether oxygens (including phenoxy) is 1. The maximum atomic E-state index is 14.4. The van der Waals surface area contributed by atoms with Gasteiger partial charge in [-0.3, -0.25) is 9.59 Å². The van der Waals surface area contributed by atoms with E-state index in [0.29, 0.717) is 31.1 Å². The van der Waals surface area contributed by atoms with Gasteiger partial charge in [0.25, 0.3) is 5.91 Å². The Kier molecular flexibility index (Phi) is 5.49. The fourth-order valence-corrected chi connectivity index (χ4v) is 3.94. The number of nitrogens with zero attached hydrogens (tertiary/aromatic N) is 1. The molecule has 152 valence electrons. The standard InChI is InChI=1S/C22H24FN3O3/c23-20-8-7-18(29-17-5-1-14(2-6-17)9-10-24)11-19(20)22(28)26-12-15-3-4-16(13-26)25-21(15)27/h1-2,5-8,11,15-16H,3-4,9-10,12-13,24H2,(H,25,27)/t15-,16+/m1/s1. The van der Waals surface area contributed by atoms with Gasteiger partial charge in [-0.2, -0.15) is 0 Å². The first-order valence-corrected chi connectivity index (χ1v) is 9.89. The molecule has 29 heavy (non-hydrogen) atoms. The molecule has 2 bridgehead atoms. The summed E-state index contributed by atoms with van der Waals surface area (Å²) in [5.74, 6) is -0.290. The number of hydrogen-bond acceptors (Lipinski definition) is 4. The first-order valence-electron chi connectivity index (χ1n) is 9.89. The van der Waals surface area contributed by atoms with E-state index in [-0.39, 0.29) is 23.4 Å². The van der Waals surface area contributed by atoms with E-state index in [1.807, 2.05) is 24.3 Å². The number of hydrogen-bond donors (Lipinski definition) is 2. The molecule has 0 aromatic heterocycles. The number of amides is 2. The van der Waals surface area contributed by atoms with Crippen LogP contribution in [0, 0.1) is 11.7 Å². The van der Waals surface area contributed by atoms with Crippen molar-refractivity contribution in [3.05, 3.63) is 59.4 Å². The van der Waals surface area contributed by atoms with E-state index in [9.17, 15) is 14.0 Å². The van der Waals surface area contributed by atoms with E-state index in [1.54, 1.807) is 4.90 Å². The zero-order valence-electron chi connectivity index (χ0n) is 16.1. The zero-order chi connectivity index (χ0) is 20.4. The van der Waals surface area contributed by atoms with Crippen LogP contribution in [0.25, 0.3) is 0 Å². The van der Waals surface area contributed by atoms with Crippen molar-refractivity contribution in [2.75, 3.05) is 19.6 Å². The Balaban J connectivity index is 1.52. The van der Waals surface area contributed by atoms with Gasteiger partial charge in [0.2, 0.25) is 5.91 Å². The molecule has 2 aromatic rings. The lowest BCUT2D eigenvalue weighted by Gasteiger charge is -2.23. The number of halogens is 1. The van der Waals surface area contributed by atoms with Gasteiger partial charge in [0.1, 0.15) is 17.3 Å². The predicted molar refractivity (Wildman–Crippen MR) is 106 cm³/mol. The molecular formula is C22H24FN3O3. The lowest BCUT2D eigenvalue weighted by Crippen LogP contribution is -2.43. The molecule has 0 spiro atoms. The summed E-state index contributed by atoms with van der Waals surface area (Å²) >= 11 is 0. The van der Waals surface area contributed by atoms with E-state index in [0.717, 1.165) is 24.8 Å². The van der Waals surface area contributed by atoms with Gasteiger partial charge in [0, 0.05) is 19.1 Å². The molecule has 0 aliphatic carbocycles. The molecule has 5 rings (SSSR count). The first-order chi connectivity index (χ1) is 14.0. The molecule has 0 radical (unpaired) electrons. The highest BCUT2D eigenvalue weighted by molar-refractivity contribution is 5.95. The highest BCUT2D eigenvalue weighted by atomic mass is 19.1. The van der Waals surface area contributed by atoms with Gasteiger partial charge in [0.15, 0.2) is 0 Å². The lowest BCUT2D eigenvalue weighted by atomic mass is 9.96. The second kappa shape index (κ2) is 8.21. The number of benzene rings is 2. The van der Waals surface area contributed by atoms with E-state index >= 15 is 0 Å². The Bertz CT molecular complexity index is 916. The molecule has 3 N–H and O–H groups in total. The van der Waals surface area contributed by atoms with Gasteiger partial charge in [-0.1, -0.05) is 12.1 Å². The minimum atomic E-state index is -0.600. The van der Waals surface area contributed by atoms with Crippen LogP contribution in [0.3, 0.4) is 0 Å². The van der Waals surface area contributed by atoms with Crippen LogP contribution >= 0.6 is 0 Å². The van der Waals surface area contributed by atoms with Crippen LogP contribution in [-0.4, -0.2) is 42.4 Å². The molecule has 0 unspecified atom stereocenters. The molecule has 3 saturated heterocycles. The van der Waals surface area contributed by atoms with Crippen molar-refractivity contribution < 1.29 is 18.7 Å². The van der Waals surface area contributed by atoms with Crippen LogP contribution in [0.1, 0.15) is 28.8 Å². The van der Waals surface area contributed by atoms with Crippen molar-refractivity contribution in [3.8, 4) is 11.5 Å². The Labute approximate surface area is 168 Å². The van der Waals surface area contributed by atoms with Crippen molar-refractivity contribution in [2.24, 2.45) is 11.7 Å². The van der Waals surface area contributed by atoms with Crippen molar-refractivity contribution in [1.29, 1.82) is 0 Å². The summed E-state index contributed by atoms with van der Waals surface area (Å²) < 4.78 is 20.2. The van der Waals surface area contributed by atoms with Crippen LogP contribution in [0.15, 0.2) is 42.5 Å². The third-order valence-corrected chi connectivity index (χ3v) is 5.51. The van der Waals surface area contributed by atoms with Gasteiger partial charge >= 0.3 is 0 Å². The second-order valence-electron chi connectivity index (χ2n) is 7.62. The smallest absolute Gasteiger partial charge is 0.257 e. The molecule has 6 nitrogen and oxygen atoms in total. The quantitative estimate of drug-likeness (QED) is 0.812. The average molecular weight is 397 g/mol. The molecule has 3 aliphatic rings. The van der Waals surface area contributed by atoms with Gasteiger partial charge in [-0.05, 0) is 61.7 Å². The van der Waals surface area contributed by atoms with Crippen LogP contribution in [-0.2, 0) is 11.2 Å². The second-order valence-corrected chi connectivity index (χ2v) is 7.62. The number of fused-ring (bicyclic) bond motifs is 4. The Morgan fingerprint density at radius 2 is 1.90 bits per heavy atom. The molecule has 2 amide bonds. The maximum absolute atomic E-state index is 14.4. The number of carbonyl (C=O) groups is 2. The molecule has 3 heterocycles. The predicted octanol–water partition coefficient (Wildman–Crippen LogP) is 2.47. The summed E-state index contributed by atoms with van der Waals surface area (Å²) in [5, 5.41) is 2.93. The molecule has 3 fully saturated rings. The minimum Gasteiger partial charge on any atom is -0.457 e. The number of nitrogens with two attached hydrogens (primary N) is 1. The van der Waals surface area contributed by atoms with Gasteiger partial charge in [0.05, 0.1) is 11.5 Å². The molecule has 3 aliphatic heterocycles. The summed E-state index contributed by atoms with van der Waals surface area (Å²) in [6, 6.07) is 11.6. The van der Waals surface area contributed by atoms with Crippen LogP contribution in [0.2, 0.25) is 0 Å². The maximum Gasteiger partial charge on any atom is 0.257 e. The number of rotatable bonds is 5. The summed E-state index contributed by atoms with van der Waals surface area (Å²) in [7, 11) is 0. The van der Waals surface area contributed by atoms with E-state index < -0.39 is 11.7 Å². The number of nitrogens with one attached hydrogen (secondary N) is 1. The van der Waals surface area contributed by atoms with E-state index in [2.05, 4.69) is 5.32 Å². The fraction of sp³-hybridized carbons (Fsp3) is 0.364. The Morgan fingerprint density at radius 3 is 2.62 bits per heavy atom. The SMILES string of the molecule is NCCc1ccc(Oc2ccc(F)c(C(=O)N3C[C@@H]4CC[C@H](C3)C(=O)N4)c2)cc1. The van der Waals surface area contributed by atoms with Crippen LogP contribution in [0.5, 0.6) is 11.5 Å². The average Bonchev–Trinajstić information content (AvgIpc) is 3.02. The van der Waals surface area contributed by atoms with E-state index in [4.69, 9.17) is 10.5 Å². The first kappa shape index (κ1) is 19.4. The van der Waals surface area contributed by atoms with Gasteiger partial charge < -0.3 is 20.7 Å². The molecule has 2 atom stereocenters. The topological polar surface area (TPSA) is 84.7 Å². The van der Waals surface area contributed by atoms with Crippen LogP contribution in [0.4, 0.5) is 4.39 Å². The molecular weight excluding hydrogens is 373 g/mol. The Morgan fingerprint density at radius 1 is 1.14 bits per heavy atom. The fourth-order valence-electron chi connectivity index (χ4n) is 3.94. The van der Waals surface area contributed by atoms with Gasteiger partial charge in [-0.25, -0.2) is 4.39 Å². The minimum absolute atomic E-state index is 0.0211. The van der Waals surface area contributed by atoms with Gasteiger partial charge in [-0.15, -0.1) is 0 Å². The summed E-state index contributed by atoms with van der Waals surface area (Å²) in [4.78, 5) is 26.6. The largest absolute Gasteiger partial charge is 0.457 e. The van der Waals surface area contributed by atoms with Crippen LogP contribution < -0.4 is 15.8 Å². The summed E-state index contributed by atoms with van der Waals surface area (Å²) in [6.07, 6.45) is 2.38. The zero-order valence-corrected chi connectivity index (χ0v) is 16.1. The number of carbonyl (C=O) groups excluding carboxylic acids is 2. The van der Waals surface area contributed by atoms with E-state index in [1.165, 1.54) is 18.2 Å². The summed E-state index contributed by atoms with van der Waals surface area (Å²) in [6.45, 7) is 1.28. The summed E-state index contributed by atoms with van der Waals surface area (Å²) in [5.41, 5.74) is 6.62. The normalized spacial score (nSPS) is 20.9.